The molecule has 0 aliphatic rings. The molecule has 0 spiro atoms. The number of anilines is 1. The number of amides is 1. The van der Waals surface area contributed by atoms with Gasteiger partial charge in [0.15, 0.2) is 0 Å². The Hall–Kier alpha value is -1.88. The van der Waals surface area contributed by atoms with E-state index < -0.39 is 0 Å². The number of benzene rings is 2. The van der Waals surface area contributed by atoms with Crippen molar-refractivity contribution in [3.8, 4) is 0 Å². The van der Waals surface area contributed by atoms with E-state index in [0.29, 0.717) is 17.3 Å². The van der Waals surface area contributed by atoms with E-state index >= 15 is 0 Å². The minimum Gasteiger partial charge on any atom is -0.392 e. The Kier molecular flexibility index (Phi) is 5.75. The number of rotatable bonds is 6. The highest BCUT2D eigenvalue weighted by Gasteiger charge is 2.02. The van der Waals surface area contributed by atoms with Crippen molar-refractivity contribution in [1.29, 1.82) is 0 Å². The molecule has 0 aliphatic heterocycles. The number of carbonyl (C=O) groups is 1. The zero-order valence-electron chi connectivity index (χ0n) is 11.5. The Morgan fingerprint density at radius 2 is 1.81 bits per heavy atom. The summed E-state index contributed by atoms with van der Waals surface area (Å²) in [6, 6.07) is 14.6. The third-order valence-electron chi connectivity index (χ3n) is 2.92. The van der Waals surface area contributed by atoms with Crippen LogP contribution in [0.4, 0.5) is 5.69 Å². The molecule has 0 saturated heterocycles. The van der Waals surface area contributed by atoms with E-state index in [1.165, 1.54) is 0 Å². The van der Waals surface area contributed by atoms with Gasteiger partial charge in [-0.15, -0.1) is 0 Å². The smallest absolute Gasteiger partial charge is 0.238 e. The molecule has 2 aromatic carbocycles. The van der Waals surface area contributed by atoms with E-state index in [1.807, 2.05) is 24.3 Å². The number of carbonyl (C=O) groups excluding carboxylic acids is 1. The summed E-state index contributed by atoms with van der Waals surface area (Å²) in [6.07, 6.45) is 0. The lowest BCUT2D eigenvalue weighted by Gasteiger charge is -2.07. The largest absolute Gasteiger partial charge is 0.392 e. The van der Waals surface area contributed by atoms with Crippen LogP contribution in [0.3, 0.4) is 0 Å². The minimum atomic E-state index is -0.115. The quantitative estimate of drug-likeness (QED) is 0.768. The van der Waals surface area contributed by atoms with Crippen LogP contribution in [0.5, 0.6) is 0 Å². The number of halogens is 1. The predicted octanol–water partition coefficient (Wildman–Crippen LogP) is 2.56. The average molecular weight is 305 g/mol. The summed E-state index contributed by atoms with van der Waals surface area (Å²) in [7, 11) is 0. The molecule has 0 atom stereocenters. The lowest BCUT2D eigenvalue weighted by Crippen LogP contribution is -2.27. The highest BCUT2D eigenvalue weighted by Crippen LogP contribution is 2.13. The molecule has 0 saturated carbocycles. The molecule has 0 aromatic heterocycles. The lowest BCUT2D eigenvalue weighted by atomic mass is 10.1. The Balaban J connectivity index is 1.77. The third-order valence-corrected chi connectivity index (χ3v) is 3.17. The first kappa shape index (κ1) is 15.5. The monoisotopic (exact) mass is 304 g/mol. The van der Waals surface area contributed by atoms with Crippen LogP contribution in [-0.4, -0.2) is 17.6 Å². The van der Waals surface area contributed by atoms with Gasteiger partial charge in [0.1, 0.15) is 0 Å². The SMILES string of the molecule is O=C(CNCc1cccc(CO)c1)Nc1ccc(Cl)cc1. The Morgan fingerprint density at radius 1 is 1.10 bits per heavy atom. The van der Waals surface area contributed by atoms with E-state index in [-0.39, 0.29) is 19.1 Å². The molecule has 0 aliphatic carbocycles. The molecule has 110 valence electrons. The Morgan fingerprint density at radius 3 is 2.52 bits per heavy atom. The van der Waals surface area contributed by atoms with Gasteiger partial charge >= 0.3 is 0 Å². The maximum Gasteiger partial charge on any atom is 0.238 e. The average Bonchev–Trinajstić information content (AvgIpc) is 2.50. The van der Waals surface area contributed by atoms with Gasteiger partial charge in [-0.05, 0) is 35.4 Å². The van der Waals surface area contributed by atoms with Crippen molar-refractivity contribution in [1.82, 2.24) is 5.32 Å². The first-order valence-corrected chi connectivity index (χ1v) is 7.00. The first-order chi connectivity index (χ1) is 10.2. The number of hydrogen-bond donors (Lipinski definition) is 3. The van der Waals surface area contributed by atoms with Crippen LogP contribution in [0.15, 0.2) is 48.5 Å². The molecule has 2 aromatic rings. The molecule has 0 bridgehead atoms. The van der Waals surface area contributed by atoms with Crippen LogP contribution in [0.25, 0.3) is 0 Å². The molecule has 0 heterocycles. The first-order valence-electron chi connectivity index (χ1n) is 6.62. The fraction of sp³-hybridized carbons (Fsp3) is 0.188. The molecule has 4 nitrogen and oxygen atoms in total. The topological polar surface area (TPSA) is 61.4 Å². The summed E-state index contributed by atoms with van der Waals surface area (Å²) in [5.41, 5.74) is 2.61. The van der Waals surface area contributed by atoms with Crippen molar-refractivity contribution < 1.29 is 9.90 Å². The van der Waals surface area contributed by atoms with Gasteiger partial charge in [-0.25, -0.2) is 0 Å². The highest BCUT2D eigenvalue weighted by atomic mass is 35.5. The maximum absolute atomic E-state index is 11.8. The molecule has 1 amide bonds. The van der Waals surface area contributed by atoms with E-state index in [0.717, 1.165) is 11.1 Å². The Labute approximate surface area is 128 Å². The molecule has 2 rings (SSSR count). The number of aliphatic hydroxyl groups excluding tert-OH is 1. The van der Waals surface area contributed by atoms with Crippen LogP contribution in [0.1, 0.15) is 11.1 Å². The summed E-state index contributed by atoms with van der Waals surface area (Å²) in [4.78, 5) is 11.8. The van der Waals surface area contributed by atoms with Crippen molar-refractivity contribution in [2.45, 2.75) is 13.2 Å². The van der Waals surface area contributed by atoms with Crippen LogP contribution >= 0.6 is 11.6 Å². The van der Waals surface area contributed by atoms with E-state index in [9.17, 15) is 4.79 Å². The van der Waals surface area contributed by atoms with Crippen LogP contribution in [0.2, 0.25) is 5.02 Å². The van der Waals surface area contributed by atoms with Crippen LogP contribution in [0, 0.1) is 0 Å². The number of hydrogen-bond acceptors (Lipinski definition) is 3. The minimum absolute atomic E-state index is 0.0187. The summed E-state index contributed by atoms with van der Waals surface area (Å²) in [6.45, 7) is 0.804. The summed E-state index contributed by atoms with van der Waals surface area (Å²) in [5.74, 6) is -0.115. The summed E-state index contributed by atoms with van der Waals surface area (Å²) < 4.78 is 0. The zero-order chi connectivity index (χ0) is 15.1. The van der Waals surface area contributed by atoms with Gasteiger partial charge in [0.05, 0.1) is 13.2 Å². The number of aliphatic hydroxyl groups is 1. The van der Waals surface area contributed by atoms with Gasteiger partial charge in [0.2, 0.25) is 5.91 Å². The molecule has 0 unspecified atom stereocenters. The van der Waals surface area contributed by atoms with Gasteiger partial charge in [0, 0.05) is 17.3 Å². The summed E-state index contributed by atoms with van der Waals surface area (Å²) in [5, 5.41) is 15.5. The van der Waals surface area contributed by atoms with Gasteiger partial charge in [0.25, 0.3) is 0 Å². The third kappa shape index (κ3) is 5.19. The van der Waals surface area contributed by atoms with Crippen molar-refractivity contribution in [2.75, 3.05) is 11.9 Å². The molecule has 3 N–H and O–H groups in total. The second-order valence-corrected chi connectivity index (χ2v) is 5.07. The zero-order valence-corrected chi connectivity index (χ0v) is 12.2. The van der Waals surface area contributed by atoms with Crippen molar-refractivity contribution >= 4 is 23.2 Å². The van der Waals surface area contributed by atoms with Crippen LogP contribution in [-0.2, 0) is 17.9 Å². The molecule has 0 fully saturated rings. The van der Waals surface area contributed by atoms with Crippen LogP contribution < -0.4 is 10.6 Å². The predicted molar refractivity (Wildman–Crippen MR) is 84.2 cm³/mol. The molecule has 0 radical (unpaired) electrons. The summed E-state index contributed by atoms with van der Waals surface area (Å²) >= 11 is 5.78. The molecule has 21 heavy (non-hydrogen) atoms. The van der Waals surface area contributed by atoms with Gasteiger partial charge in [-0.1, -0.05) is 35.9 Å². The molecular formula is C16H17ClN2O2. The molecular weight excluding hydrogens is 288 g/mol. The Bertz CT molecular complexity index is 599. The fourth-order valence-corrected chi connectivity index (χ4v) is 2.02. The van der Waals surface area contributed by atoms with Crippen molar-refractivity contribution in [3.63, 3.8) is 0 Å². The maximum atomic E-state index is 11.8. The van der Waals surface area contributed by atoms with Crippen molar-refractivity contribution in [3.05, 3.63) is 64.7 Å². The van der Waals surface area contributed by atoms with E-state index in [2.05, 4.69) is 10.6 Å². The normalized spacial score (nSPS) is 10.4. The molecule has 5 heteroatoms. The van der Waals surface area contributed by atoms with E-state index in [4.69, 9.17) is 16.7 Å². The van der Waals surface area contributed by atoms with Gasteiger partial charge < -0.3 is 15.7 Å². The second kappa shape index (κ2) is 7.78. The highest BCUT2D eigenvalue weighted by molar-refractivity contribution is 6.30. The van der Waals surface area contributed by atoms with Crippen molar-refractivity contribution in [2.24, 2.45) is 0 Å². The van der Waals surface area contributed by atoms with E-state index in [1.54, 1.807) is 24.3 Å². The standard InChI is InChI=1S/C16H17ClN2O2/c17-14-4-6-15(7-5-14)19-16(21)10-18-9-12-2-1-3-13(8-12)11-20/h1-8,18,20H,9-11H2,(H,19,21). The lowest BCUT2D eigenvalue weighted by molar-refractivity contribution is -0.115. The second-order valence-electron chi connectivity index (χ2n) is 4.64. The fourth-order valence-electron chi connectivity index (χ4n) is 1.90. The van der Waals surface area contributed by atoms with Gasteiger partial charge in [-0.3, -0.25) is 4.79 Å². The number of nitrogens with one attached hydrogen (secondary N) is 2. The van der Waals surface area contributed by atoms with Gasteiger partial charge in [-0.2, -0.15) is 0 Å².